The monoisotopic (exact) mass is 433 g/mol. The smallest absolute Gasteiger partial charge is 0.345 e. The quantitative estimate of drug-likeness (QED) is 0.0903. The molecular formula is C21H27N3O7. The van der Waals surface area contributed by atoms with Crippen LogP contribution in [-0.2, 0) is 35.0 Å². The Morgan fingerprint density at radius 3 is 2.16 bits per heavy atom. The molecular weight excluding hydrogens is 406 g/mol. The number of nitrogens with two attached hydrogens (primary N) is 1. The average Bonchev–Trinajstić information content (AvgIpc) is 2.73. The van der Waals surface area contributed by atoms with E-state index in [4.69, 9.17) is 19.9 Å². The van der Waals surface area contributed by atoms with Crippen LogP contribution < -0.4 is 11.2 Å². The van der Waals surface area contributed by atoms with Crippen LogP contribution in [0.15, 0.2) is 58.6 Å². The predicted molar refractivity (Wildman–Crippen MR) is 113 cm³/mol. The number of rotatable bonds is 11. The predicted octanol–water partition coefficient (Wildman–Crippen LogP) is 1.48. The molecule has 0 bridgehead atoms. The molecule has 0 fully saturated rings. The van der Waals surface area contributed by atoms with Crippen LogP contribution in [0.25, 0.3) is 0 Å². The number of hydrazone groups is 1. The van der Waals surface area contributed by atoms with Gasteiger partial charge in [0.15, 0.2) is 5.84 Å². The Morgan fingerprint density at radius 1 is 1.00 bits per heavy atom. The van der Waals surface area contributed by atoms with Crippen LogP contribution in [0.1, 0.15) is 26.3 Å². The van der Waals surface area contributed by atoms with E-state index in [1.807, 2.05) is 6.07 Å². The van der Waals surface area contributed by atoms with Crippen molar-refractivity contribution < 1.29 is 33.7 Å². The van der Waals surface area contributed by atoms with Crippen molar-refractivity contribution in [2.24, 2.45) is 10.8 Å². The number of nitrogens with one attached hydrogen (secondary N) is 1. The van der Waals surface area contributed by atoms with Crippen molar-refractivity contribution in [2.45, 2.75) is 27.2 Å². The molecule has 4 N–H and O–H groups in total. The van der Waals surface area contributed by atoms with Gasteiger partial charge in [-0.15, -0.1) is 0 Å². The molecule has 0 aliphatic heterocycles. The second-order valence-electron chi connectivity index (χ2n) is 5.85. The summed E-state index contributed by atoms with van der Waals surface area (Å²) in [5.74, 6) is -3.55. The summed E-state index contributed by atoms with van der Waals surface area (Å²) in [6.07, 6.45) is 0.971. The van der Waals surface area contributed by atoms with Gasteiger partial charge in [-0.05, 0) is 32.4 Å². The normalized spacial score (nSPS) is 12.5. The zero-order valence-corrected chi connectivity index (χ0v) is 17.7. The molecule has 0 spiro atoms. The molecule has 0 heterocycles. The van der Waals surface area contributed by atoms with E-state index in [0.29, 0.717) is 0 Å². The maximum Gasteiger partial charge on any atom is 0.345 e. The molecule has 1 rings (SSSR count). The molecule has 1 aromatic carbocycles. The summed E-state index contributed by atoms with van der Waals surface area (Å²) in [4.78, 5) is 36.6. The molecule has 1 aromatic rings. The second kappa shape index (κ2) is 13.4. The number of aliphatic hydroxyl groups is 1. The maximum atomic E-state index is 12.4. The van der Waals surface area contributed by atoms with Gasteiger partial charge in [-0.25, -0.2) is 15.0 Å². The Morgan fingerprint density at radius 2 is 1.58 bits per heavy atom. The molecule has 31 heavy (non-hydrogen) atoms. The van der Waals surface area contributed by atoms with E-state index < -0.39 is 35.2 Å². The summed E-state index contributed by atoms with van der Waals surface area (Å²) in [7, 11) is 0. The number of ether oxygens (including phenoxy) is 3. The SMILES string of the molecule is CCOC(=O)C(=C\C(C(=O)OCC)=C(/O)OCC)/C(N)=N/NC(=O)Cc1ccccc1. The average molecular weight is 433 g/mol. The van der Waals surface area contributed by atoms with Crippen molar-refractivity contribution in [3.05, 3.63) is 59.1 Å². The highest BCUT2D eigenvalue weighted by atomic mass is 16.6. The lowest BCUT2D eigenvalue weighted by atomic mass is 10.1. The molecule has 0 saturated heterocycles. The van der Waals surface area contributed by atoms with Crippen LogP contribution in [0.4, 0.5) is 0 Å². The van der Waals surface area contributed by atoms with Gasteiger partial charge in [0.1, 0.15) is 11.1 Å². The Bertz CT molecular complexity index is 861. The molecule has 0 aliphatic carbocycles. The van der Waals surface area contributed by atoms with Crippen LogP contribution in [-0.4, -0.2) is 48.6 Å². The first-order valence-electron chi connectivity index (χ1n) is 9.62. The molecule has 0 atom stereocenters. The summed E-state index contributed by atoms with van der Waals surface area (Å²) in [6, 6.07) is 8.93. The Labute approximate surface area is 180 Å². The van der Waals surface area contributed by atoms with Crippen molar-refractivity contribution in [2.75, 3.05) is 19.8 Å². The Balaban J connectivity index is 3.21. The van der Waals surface area contributed by atoms with Gasteiger partial charge in [0.2, 0.25) is 5.91 Å². The van der Waals surface area contributed by atoms with Crippen LogP contribution in [0.3, 0.4) is 0 Å². The summed E-state index contributed by atoms with van der Waals surface area (Å²) in [5, 5.41) is 13.8. The molecule has 0 aromatic heterocycles. The zero-order valence-electron chi connectivity index (χ0n) is 17.7. The van der Waals surface area contributed by atoms with E-state index in [9.17, 15) is 19.5 Å². The fourth-order valence-corrected chi connectivity index (χ4v) is 2.23. The number of amides is 1. The third kappa shape index (κ3) is 8.60. The minimum atomic E-state index is -0.948. The van der Waals surface area contributed by atoms with Crippen molar-refractivity contribution in [1.29, 1.82) is 0 Å². The highest BCUT2D eigenvalue weighted by Crippen LogP contribution is 2.13. The van der Waals surface area contributed by atoms with Crippen molar-refractivity contribution in [3.63, 3.8) is 0 Å². The van der Waals surface area contributed by atoms with Crippen LogP contribution in [0, 0.1) is 0 Å². The number of hydrogen-bond acceptors (Lipinski definition) is 8. The lowest BCUT2D eigenvalue weighted by Gasteiger charge is -2.10. The number of hydrogen-bond donors (Lipinski definition) is 3. The first kappa shape index (κ1) is 25.2. The van der Waals surface area contributed by atoms with E-state index in [1.54, 1.807) is 45.0 Å². The second-order valence-corrected chi connectivity index (χ2v) is 5.85. The number of amidine groups is 1. The third-order valence-electron chi connectivity index (χ3n) is 3.58. The number of carbonyl (C=O) groups excluding carboxylic acids is 3. The van der Waals surface area contributed by atoms with Crippen molar-refractivity contribution in [1.82, 2.24) is 5.43 Å². The largest absolute Gasteiger partial charge is 0.480 e. The van der Waals surface area contributed by atoms with E-state index >= 15 is 0 Å². The minimum Gasteiger partial charge on any atom is -0.480 e. The van der Waals surface area contributed by atoms with Crippen LogP contribution in [0.5, 0.6) is 0 Å². The minimum absolute atomic E-state index is 0.0136. The first-order valence-corrected chi connectivity index (χ1v) is 9.62. The number of esters is 2. The molecule has 0 aliphatic rings. The van der Waals surface area contributed by atoms with Crippen molar-refractivity contribution in [3.8, 4) is 0 Å². The summed E-state index contributed by atoms with van der Waals surface area (Å²) in [6.45, 7) is 4.82. The summed E-state index contributed by atoms with van der Waals surface area (Å²) in [5.41, 5.74) is 8.01. The van der Waals surface area contributed by atoms with Crippen LogP contribution in [0.2, 0.25) is 0 Å². The lowest BCUT2D eigenvalue weighted by molar-refractivity contribution is -0.138. The number of carbonyl (C=O) groups is 3. The molecule has 0 radical (unpaired) electrons. The number of benzene rings is 1. The fourth-order valence-electron chi connectivity index (χ4n) is 2.23. The Hall–Kier alpha value is -3.82. The maximum absolute atomic E-state index is 12.4. The molecule has 10 heteroatoms. The van der Waals surface area contributed by atoms with E-state index in [0.717, 1.165) is 11.6 Å². The van der Waals surface area contributed by atoms with Gasteiger partial charge in [-0.2, -0.15) is 5.10 Å². The van der Waals surface area contributed by atoms with Gasteiger partial charge in [-0.3, -0.25) is 4.79 Å². The first-order chi connectivity index (χ1) is 14.8. The topological polar surface area (TPSA) is 150 Å². The molecule has 168 valence electrons. The number of aliphatic hydroxyl groups excluding tert-OH is 1. The highest BCUT2D eigenvalue weighted by molar-refractivity contribution is 6.19. The van der Waals surface area contributed by atoms with Crippen LogP contribution >= 0.6 is 0 Å². The molecule has 0 unspecified atom stereocenters. The van der Waals surface area contributed by atoms with Gasteiger partial charge >= 0.3 is 11.9 Å². The van der Waals surface area contributed by atoms with E-state index in [2.05, 4.69) is 10.5 Å². The highest BCUT2D eigenvalue weighted by Gasteiger charge is 2.23. The number of nitrogens with zero attached hydrogens (tertiary/aromatic N) is 1. The van der Waals surface area contributed by atoms with Crippen molar-refractivity contribution >= 4 is 23.7 Å². The molecule has 10 nitrogen and oxygen atoms in total. The van der Waals surface area contributed by atoms with Gasteiger partial charge < -0.3 is 25.1 Å². The lowest BCUT2D eigenvalue weighted by Crippen LogP contribution is -2.29. The standard InChI is InChI=1S/C21H27N3O7/c1-4-29-19(26)15(13-16(20(27)30-5-2)21(28)31-6-3)18(22)24-23-17(25)12-14-10-8-7-9-11-14/h7-11,13,27H,4-6,12H2,1-3H3,(H2,22,24)(H,23,25)/b15-13-,20-16-. The van der Waals surface area contributed by atoms with Gasteiger partial charge in [0.05, 0.1) is 26.2 Å². The van der Waals surface area contributed by atoms with Gasteiger partial charge in [0, 0.05) is 0 Å². The van der Waals surface area contributed by atoms with E-state index in [-0.39, 0.29) is 31.8 Å². The fraction of sp³-hybridized carbons (Fsp3) is 0.333. The zero-order chi connectivity index (χ0) is 23.2. The third-order valence-corrected chi connectivity index (χ3v) is 3.58. The van der Waals surface area contributed by atoms with Gasteiger partial charge in [0.25, 0.3) is 5.95 Å². The summed E-state index contributed by atoms with van der Waals surface area (Å²) < 4.78 is 14.7. The molecule has 1 amide bonds. The van der Waals surface area contributed by atoms with Gasteiger partial charge in [-0.1, -0.05) is 30.3 Å². The molecule has 0 saturated carbocycles. The summed E-state index contributed by atoms with van der Waals surface area (Å²) >= 11 is 0. The Kier molecular flexibility index (Phi) is 10.9. The van der Waals surface area contributed by atoms with E-state index in [1.165, 1.54) is 0 Å².